The molecule has 1 saturated heterocycles. The summed E-state index contributed by atoms with van der Waals surface area (Å²) in [7, 11) is 1.55. The highest BCUT2D eigenvalue weighted by molar-refractivity contribution is 5.93. The summed E-state index contributed by atoms with van der Waals surface area (Å²) in [4.78, 5) is 11.0. The van der Waals surface area contributed by atoms with E-state index in [1.54, 1.807) is 31.3 Å². The molecule has 0 saturated carbocycles. The molecule has 20 heavy (non-hydrogen) atoms. The van der Waals surface area contributed by atoms with Gasteiger partial charge in [0.2, 0.25) is 0 Å². The van der Waals surface area contributed by atoms with Crippen LogP contribution in [-0.4, -0.2) is 40.4 Å². The lowest BCUT2D eigenvalue weighted by Gasteiger charge is -2.13. The van der Waals surface area contributed by atoms with Crippen molar-refractivity contribution in [1.82, 2.24) is 5.32 Å². The molecule has 1 aliphatic heterocycles. The molecule has 1 N–H and O–H groups in total. The van der Waals surface area contributed by atoms with Crippen LogP contribution in [0.4, 0.5) is 0 Å². The van der Waals surface area contributed by atoms with Crippen LogP contribution in [0.15, 0.2) is 30.3 Å². The van der Waals surface area contributed by atoms with Crippen molar-refractivity contribution >= 4 is 14.3 Å². The Morgan fingerprint density at radius 1 is 1.25 bits per heavy atom. The second-order valence-electron chi connectivity index (χ2n) is 3.95. The summed E-state index contributed by atoms with van der Waals surface area (Å²) in [5.41, 5.74) is 0.412. The van der Waals surface area contributed by atoms with Gasteiger partial charge in [0.05, 0.1) is 14.6 Å². The Balaban J connectivity index is 0. The van der Waals surface area contributed by atoms with Gasteiger partial charge in [-0.05, 0) is 26.0 Å². The number of rotatable bonds is 1. The SMILES string of the molecule is CC.CC1(C)OCCO1.[3H]c1ccccc1C(=O)NC.[B]. The van der Waals surface area contributed by atoms with Crippen molar-refractivity contribution in [3.8, 4) is 0 Å². The van der Waals surface area contributed by atoms with Gasteiger partial charge in [0.25, 0.3) is 5.91 Å². The molecular formula is C15H25BNO3. The van der Waals surface area contributed by atoms with Gasteiger partial charge in [-0.3, -0.25) is 4.79 Å². The average molecular weight is 280 g/mol. The van der Waals surface area contributed by atoms with Crippen molar-refractivity contribution < 1.29 is 15.6 Å². The predicted molar refractivity (Wildman–Crippen MR) is 82.9 cm³/mol. The van der Waals surface area contributed by atoms with E-state index >= 15 is 0 Å². The third kappa shape index (κ3) is 8.72. The van der Waals surface area contributed by atoms with E-state index in [0.717, 1.165) is 13.2 Å². The van der Waals surface area contributed by atoms with Crippen molar-refractivity contribution in [2.45, 2.75) is 33.5 Å². The van der Waals surface area contributed by atoms with Crippen molar-refractivity contribution in [3.63, 3.8) is 0 Å². The zero-order valence-corrected chi connectivity index (χ0v) is 13.0. The van der Waals surface area contributed by atoms with Crippen molar-refractivity contribution in [2.24, 2.45) is 0 Å². The van der Waals surface area contributed by atoms with Crippen molar-refractivity contribution in [3.05, 3.63) is 35.9 Å². The van der Waals surface area contributed by atoms with Gasteiger partial charge in [0.1, 0.15) is 0 Å². The second-order valence-corrected chi connectivity index (χ2v) is 3.95. The number of carbonyl (C=O) groups is 1. The highest BCUT2D eigenvalue weighted by atomic mass is 16.7. The molecule has 111 valence electrons. The Hall–Kier alpha value is -1.33. The van der Waals surface area contributed by atoms with E-state index in [4.69, 9.17) is 10.8 Å². The van der Waals surface area contributed by atoms with Gasteiger partial charge in [-0.1, -0.05) is 32.0 Å². The lowest BCUT2D eigenvalue weighted by Crippen LogP contribution is -2.18. The third-order valence-corrected chi connectivity index (χ3v) is 2.16. The minimum absolute atomic E-state index is 0. The third-order valence-electron chi connectivity index (χ3n) is 2.16. The van der Waals surface area contributed by atoms with Crippen LogP contribution in [0.3, 0.4) is 0 Å². The molecular weight excluding hydrogens is 253 g/mol. The zero-order chi connectivity index (χ0) is 15.6. The van der Waals surface area contributed by atoms with Crippen LogP contribution in [0.5, 0.6) is 0 Å². The monoisotopic (exact) mass is 280 g/mol. The van der Waals surface area contributed by atoms with E-state index < -0.39 is 0 Å². The number of carbonyl (C=O) groups excluding carboxylic acids is 1. The second kappa shape index (κ2) is 11.5. The normalized spacial score (nSPS) is 15.3. The molecule has 1 aromatic carbocycles. The maximum atomic E-state index is 11.0. The lowest BCUT2D eigenvalue weighted by molar-refractivity contribution is -0.125. The van der Waals surface area contributed by atoms with Crippen LogP contribution in [-0.2, 0) is 9.47 Å². The molecule has 0 aliphatic carbocycles. The molecule has 1 amide bonds. The first kappa shape index (κ1) is 18.7. The van der Waals surface area contributed by atoms with Gasteiger partial charge in [-0.2, -0.15) is 0 Å². The first-order valence-electron chi connectivity index (χ1n) is 7.02. The lowest BCUT2D eigenvalue weighted by atomic mass is 10.2. The summed E-state index contributed by atoms with van der Waals surface area (Å²) in [6.07, 6.45) is 0. The maximum absolute atomic E-state index is 11.0. The number of amides is 1. The molecule has 2 rings (SSSR count). The first-order valence-corrected chi connectivity index (χ1v) is 6.52. The Kier molecular flexibility index (Phi) is 10.7. The quantitative estimate of drug-likeness (QED) is 0.804. The van der Waals surface area contributed by atoms with Crippen molar-refractivity contribution in [1.29, 1.82) is 0 Å². The Morgan fingerprint density at radius 3 is 2.15 bits per heavy atom. The van der Waals surface area contributed by atoms with Crippen molar-refractivity contribution in [2.75, 3.05) is 20.3 Å². The van der Waals surface area contributed by atoms with Gasteiger partial charge < -0.3 is 14.8 Å². The molecule has 0 bridgehead atoms. The van der Waals surface area contributed by atoms with E-state index in [-0.39, 0.29) is 26.1 Å². The van der Waals surface area contributed by atoms with Crippen LogP contribution in [0.1, 0.15) is 39.4 Å². The molecule has 0 aromatic heterocycles. The van der Waals surface area contributed by atoms with Gasteiger partial charge >= 0.3 is 0 Å². The molecule has 0 spiro atoms. The van der Waals surface area contributed by atoms with Crippen LogP contribution >= 0.6 is 0 Å². The van der Waals surface area contributed by atoms with E-state index in [1.165, 1.54) is 0 Å². The minimum Gasteiger partial charge on any atom is -0.355 e. The van der Waals surface area contributed by atoms with Crippen LogP contribution in [0.2, 0.25) is 0 Å². The summed E-state index contributed by atoms with van der Waals surface area (Å²) in [5.74, 6) is -0.518. The zero-order valence-electron chi connectivity index (χ0n) is 14.0. The fraction of sp³-hybridized carbons (Fsp3) is 0.533. The fourth-order valence-electron chi connectivity index (χ4n) is 1.29. The summed E-state index contributed by atoms with van der Waals surface area (Å²) in [5, 5.41) is 2.46. The van der Waals surface area contributed by atoms with Crippen LogP contribution in [0, 0.1) is 0 Å². The molecule has 0 unspecified atom stereocenters. The Bertz CT molecular complexity index is 406. The number of nitrogens with one attached hydrogen (secondary N) is 1. The number of hydrogen-bond donors (Lipinski definition) is 1. The highest BCUT2D eigenvalue weighted by Crippen LogP contribution is 2.15. The van der Waals surface area contributed by atoms with E-state index in [2.05, 4.69) is 5.32 Å². The summed E-state index contributed by atoms with van der Waals surface area (Å²) < 4.78 is 17.6. The predicted octanol–water partition coefficient (Wildman–Crippen LogP) is 2.46. The van der Waals surface area contributed by atoms with Crippen LogP contribution < -0.4 is 5.32 Å². The summed E-state index contributed by atoms with van der Waals surface area (Å²) >= 11 is 0. The Labute approximate surface area is 125 Å². The molecule has 1 aliphatic rings. The smallest absolute Gasteiger partial charge is 0.251 e. The largest absolute Gasteiger partial charge is 0.355 e. The first-order chi connectivity index (χ1) is 9.46. The molecule has 3 radical (unpaired) electrons. The summed E-state index contributed by atoms with van der Waals surface area (Å²) in [6.45, 7) is 9.32. The van der Waals surface area contributed by atoms with Gasteiger partial charge in [-0.15, -0.1) is 0 Å². The Morgan fingerprint density at radius 2 is 1.80 bits per heavy atom. The van der Waals surface area contributed by atoms with E-state index in [0.29, 0.717) is 5.56 Å². The molecule has 1 heterocycles. The summed E-state index contributed by atoms with van der Waals surface area (Å²) in [6, 6.07) is 6.94. The van der Waals surface area contributed by atoms with Crippen LogP contribution in [0.25, 0.3) is 0 Å². The molecule has 5 heteroatoms. The topological polar surface area (TPSA) is 47.6 Å². The molecule has 0 atom stereocenters. The fourth-order valence-corrected chi connectivity index (χ4v) is 1.29. The number of benzene rings is 1. The highest BCUT2D eigenvalue weighted by Gasteiger charge is 2.23. The standard InChI is InChI=1S/C8H9NO.C5H10O2.C2H6.B/c1-9-8(10)7-5-3-2-4-6-7;1-5(2)6-3-4-7-5;1-2;/h2-6H,1H3,(H,9,10);3-4H2,1-2H3;1-2H3;/i5T;;;. The number of hydrogen-bond acceptors (Lipinski definition) is 3. The molecule has 4 nitrogen and oxygen atoms in total. The minimum atomic E-state index is -0.306. The van der Waals surface area contributed by atoms with E-state index in [9.17, 15) is 4.79 Å². The average Bonchev–Trinajstić information content (AvgIpc) is 2.86. The molecule has 1 aromatic rings. The van der Waals surface area contributed by atoms with Gasteiger partial charge in [-0.25, -0.2) is 0 Å². The van der Waals surface area contributed by atoms with E-state index in [1.807, 2.05) is 27.7 Å². The van der Waals surface area contributed by atoms with Gasteiger partial charge in [0.15, 0.2) is 5.79 Å². The maximum Gasteiger partial charge on any atom is 0.251 e. The van der Waals surface area contributed by atoms with Gasteiger partial charge in [0, 0.05) is 21.0 Å². The molecule has 1 fully saturated rings. The number of ether oxygens (including phenoxy) is 2.